The number of hydrogen-bond donors (Lipinski definition) is 1. The van der Waals surface area contributed by atoms with Crippen LogP contribution >= 0.6 is 11.8 Å². The highest BCUT2D eigenvalue weighted by atomic mass is 32.2. The van der Waals surface area contributed by atoms with Gasteiger partial charge < -0.3 is 15.0 Å². The molecule has 1 aromatic heterocycles. The van der Waals surface area contributed by atoms with Crippen LogP contribution in [0.3, 0.4) is 0 Å². The van der Waals surface area contributed by atoms with E-state index in [1.54, 1.807) is 0 Å². The van der Waals surface area contributed by atoms with Crippen molar-refractivity contribution in [3.8, 4) is 0 Å². The van der Waals surface area contributed by atoms with Crippen LogP contribution in [0.2, 0.25) is 0 Å². The molecule has 7 heteroatoms. The van der Waals surface area contributed by atoms with Crippen LogP contribution in [-0.2, 0) is 22.5 Å². The Kier molecular flexibility index (Phi) is 6.61. The van der Waals surface area contributed by atoms with Crippen molar-refractivity contribution in [1.82, 2.24) is 14.8 Å². The Morgan fingerprint density at radius 2 is 2.04 bits per heavy atom. The molecule has 0 amide bonds. The fourth-order valence-corrected chi connectivity index (χ4v) is 2.98. The Labute approximate surface area is 140 Å². The Morgan fingerprint density at radius 1 is 1.30 bits per heavy atom. The molecule has 2 N–H and O–H groups in total. The van der Waals surface area contributed by atoms with Gasteiger partial charge in [0.25, 0.3) is 0 Å². The lowest BCUT2D eigenvalue weighted by Gasteiger charge is -2.10. The number of methoxy groups -OCH3 is 1. The Hall–Kier alpha value is -1.86. The highest BCUT2D eigenvalue weighted by Gasteiger charge is 2.13. The summed E-state index contributed by atoms with van der Waals surface area (Å²) in [6.45, 7) is 3.29. The monoisotopic (exact) mass is 334 g/mol. The van der Waals surface area contributed by atoms with Gasteiger partial charge in [0, 0.05) is 12.2 Å². The van der Waals surface area contributed by atoms with Crippen molar-refractivity contribution in [3.63, 3.8) is 0 Å². The van der Waals surface area contributed by atoms with Crippen LogP contribution in [0.25, 0.3) is 0 Å². The zero-order valence-electron chi connectivity index (χ0n) is 13.5. The van der Waals surface area contributed by atoms with Gasteiger partial charge in [-0.25, -0.2) is 0 Å². The molecule has 6 nitrogen and oxygen atoms in total. The number of nitrogens with two attached hydrogens (primary N) is 1. The van der Waals surface area contributed by atoms with Crippen LogP contribution in [0.15, 0.2) is 29.4 Å². The van der Waals surface area contributed by atoms with Crippen molar-refractivity contribution in [2.24, 2.45) is 5.73 Å². The minimum absolute atomic E-state index is 0.218. The summed E-state index contributed by atoms with van der Waals surface area (Å²) in [7, 11) is 1.40. The van der Waals surface area contributed by atoms with Gasteiger partial charge in [-0.15, -0.1) is 10.2 Å². The van der Waals surface area contributed by atoms with Crippen LogP contribution < -0.4 is 5.73 Å². The average Bonchev–Trinajstić information content (AvgIpc) is 2.92. The lowest BCUT2D eigenvalue weighted by Crippen LogP contribution is -2.12. The standard InChI is InChI=1S/C16H22N4O2S/c1-12-3-5-13(6-4-12)11-20-14(7-9-17)18-19-16(20)23-10-8-15(21)22-2/h3-6H,7-11,17H2,1-2H3. The fourth-order valence-electron chi connectivity index (χ4n) is 2.10. The second kappa shape index (κ2) is 8.69. The molecule has 1 heterocycles. The summed E-state index contributed by atoms with van der Waals surface area (Å²) in [6, 6.07) is 8.38. The van der Waals surface area contributed by atoms with Crippen LogP contribution in [0.5, 0.6) is 0 Å². The van der Waals surface area contributed by atoms with Gasteiger partial charge >= 0.3 is 5.97 Å². The molecule has 0 spiro atoms. The molecule has 0 atom stereocenters. The zero-order valence-corrected chi connectivity index (χ0v) is 14.3. The van der Waals surface area contributed by atoms with Gasteiger partial charge in [-0.05, 0) is 19.0 Å². The maximum absolute atomic E-state index is 11.2. The molecule has 0 aliphatic rings. The SMILES string of the molecule is COC(=O)CCSc1nnc(CCN)n1Cc1ccc(C)cc1. The second-order valence-electron chi connectivity index (χ2n) is 5.18. The molecule has 0 aliphatic carbocycles. The third-order valence-corrected chi connectivity index (χ3v) is 4.36. The summed E-state index contributed by atoms with van der Waals surface area (Å²) in [5.74, 6) is 1.26. The van der Waals surface area contributed by atoms with Crippen molar-refractivity contribution in [1.29, 1.82) is 0 Å². The quantitative estimate of drug-likeness (QED) is 0.585. The second-order valence-corrected chi connectivity index (χ2v) is 6.25. The van der Waals surface area contributed by atoms with Crippen molar-refractivity contribution < 1.29 is 9.53 Å². The highest BCUT2D eigenvalue weighted by Crippen LogP contribution is 2.20. The van der Waals surface area contributed by atoms with Gasteiger partial charge in [0.15, 0.2) is 5.16 Å². The molecule has 0 aliphatic heterocycles. The smallest absolute Gasteiger partial charge is 0.306 e. The number of ether oxygens (including phenoxy) is 1. The molecule has 2 aromatic rings. The van der Waals surface area contributed by atoms with E-state index in [0.717, 1.165) is 11.0 Å². The van der Waals surface area contributed by atoms with E-state index < -0.39 is 0 Å². The summed E-state index contributed by atoms with van der Waals surface area (Å²) in [5.41, 5.74) is 8.07. The van der Waals surface area contributed by atoms with Crippen molar-refractivity contribution >= 4 is 17.7 Å². The first kappa shape index (κ1) is 17.5. The molecule has 0 fully saturated rings. The van der Waals surface area contributed by atoms with E-state index >= 15 is 0 Å². The molecule has 0 saturated carbocycles. The molecule has 0 unspecified atom stereocenters. The van der Waals surface area contributed by atoms with E-state index in [0.29, 0.717) is 31.7 Å². The lowest BCUT2D eigenvalue weighted by atomic mass is 10.1. The van der Waals surface area contributed by atoms with E-state index in [-0.39, 0.29) is 5.97 Å². The Balaban J connectivity index is 2.12. The van der Waals surface area contributed by atoms with Crippen molar-refractivity contribution in [2.75, 3.05) is 19.4 Å². The van der Waals surface area contributed by atoms with Crippen LogP contribution in [0, 0.1) is 6.92 Å². The summed E-state index contributed by atoms with van der Waals surface area (Å²) in [6.07, 6.45) is 1.03. The summed E-state index contributed by atoms with van der Waals surface area (Å²) < 4.78 is 6.73. The van der Waals surface area contributed by atoms with E-state index in [2.05, 4.69) is 50.7 Å². The van der Waals surface area contributed by atoms with Crippen molar-refractivity contribution in [2.45, 2.75) is 31.5 Å². The van der Waals surface area contributed by atoms with Gasteiger partial charge in [0.2, 0.25) is 0 Å². The van der Waals surface area contributed by atoms with Crippen molar-refractivity contribution in [3.05, 3.63) is 41.2 Å². The third-order valence-electron chi connectivity index (χ3n) is 3.39. The number of thioether (sulfide) groups is 1. The molecular formula is C16H22N4O2S. The summed E-state index contributed by atoms with van der Waals surface area (Å²) >= 11 is 1.51. The van der Waals surface area contributed by atoms with E-state index in [9.17, 15) is 4.79 Å². The predicted octanol–water partition coefficient (Wildman–Crippen LogP) is 1.79. The number of benzene rings is 1. The lowest BCUT2D eigenvalue weighted by molar-refractivity contribution is -0.140. The third kappa shape index (κ3) is 5.07. The average molecular weight is 334 g/mol. The van der Waals surface area contributed by atoms with E-state index in [1.807, 2.05) is 0 Å². The largest absolute Gasteiger partial charge is 0.469 e. The number of nitrogens with zero attached hydrogens (tertiary/aromatic N) is 3. The maximum atomic E-state index is 11.2. The summed E-state index contributed by atoms with van der Waals surface area (Å²) in [4.78, 5) is 11.2. The number of rotatable bonds is 8. The minimum atomic E-state index is -0.218. The topological polar surface area (TPSA) is 83.0 Å². The highest BCUT2D eigenvalue weighted by molar-refractivity contribution is 7.99. The number of carbonyl (C=O) groups is 1. The first-order valence-corrected chi connectivity index (χ1v) is 8.50. The first-order valence-electron chi connectivity index (χ1n) is 7.51. The van der Waals surface area contributed by atoms with Gasteiger partial charge in [-0.3, -0.25) is 4.79 Å². The molecule has 23 heavy (non-hydrogen) atoms. The van der Waals surface area contributed by atoms with Crippen LogP contribution in [-0.4, -0.2) is 40.1 Å². The molecule has 0 radical (unpaired) electrons. The predicted molar refractivity (Wildman–Crippen MR) is 90.4 cm³/mol. The molecule has 2 rings (SSSR count). The van der Waals surface area contributed by atoms with Gasteiger partial charge in [-0.1, -0.05) is 41.6 Å². The zero-order chi connectivity index (χ0) is 16.7. The maximum Gasteiger partial charge on any atom is 0.306 e. The Bertz CT molecular complexity index is 640. The minimum Gasteiger partial charge on any atom is -0.469 e. The van der Waals surface area contributed by atoms with E-state index in [4.69, 9.17) is 5.73 Å². The number of aryl methyl sites for hydroxylation is 1. The molecule has 0 bridgehead atoms. The van der Waals surface area contributed by atoms with E-state index in [1.165, 1.54) is 30.0 Å². The Morgan fingerprint density at radius 3 is 2.70 bits per heavy atom. The van der Waals surface area contributed by atoms with Gasteiger partial charge in [0.1, 0.15) is 5.82 Å². The van der Waals surface area contributed by atoms with Gasteiger partial charge in [-0.2, -0.15) is 0 Å². The molecular weight excluding hydrogens is 312 g/mol. The normalized spacial score (nSPS) is 10.7. The number of hydrogen-bond acceptors (Lipinski definition) is 6. The molecule has 1 aromatic carbocycles. The number of carbonyl (C=O) groups excluding carboxylic acids is 1. The van der Waals surface area contributed by atoms with Gasteiger partial charge in [0.05, 0.1) is 20.1 Å². The molecule has 0 saturated heterocycles. The summed E-state index contributed by atoms with van der Waals surface area (Å²) in [5, 5.41) is 9.28. The van der Waals surface area contributed by atoms with Crippen LogP contribution in [0.4, 0.5) is 0 Å². The van der Waals surface area contributed by atoms with Crippen LogP contribution in [0.1, 0.15) is 23.4 Å². The number of esters is 1. The molecule has 124 valence electrons. The first-order chi connectivity index (χ1) is 11.1. The number of aromatic nitrogens is 3. The fraction of sp³-hybridized carbons (Fsp3) is 0.438.